The lowest BCUT2D eigenvalue weighted by Crippen LogP contribution is -2.33. The van der Waals surface area contributed by atoms with Gasteiger partial charge in [0.25, 0.3) is 0 Å². The smallest absolute Gasteiger partial charge is 0.0642 e. The second-order valence-electron chi connectivity index (χ2n) is 4.11. The summed E-state index contributed by atoms with van der Waals surface area (Å²) >= 11 is 0. The first kappa shape index (κ1) is 11.4. The van der Waals surface area contributed by atoms with Gasteiger partial charge in [0.05, 0.1) is 12.7 Å². The maximum absolute atomic E-state index is 5.80. The number of piperidine rings is 1. The quantitative estimate of drug-likeness (QED) is 0.743. The molecule has 0 atom stereocenters. The van der Waals surface area contributed by atoms with Gasteiger partial charge in [0.1, 0.15) is 0 Å². The fraction of sp³-hybridized carbons (Fsp3) is 0.538. The second-order valence-corrected chi connectivity index (χ2v) is 4.11. The van der Waals surface area contributed by atoms with Crippen LogP contribution in [-0.2, 0) is 4.74 Å². The van der Waals surface area contributed by atoms with E-state index >= 15 is 0 Å². The minimum absolute atomic E-state index is 0.457. The van der Waals surface area contributed by atoms with Crippen molar-refractivity contribution in [3.05, 3.63) is 30.3 Å². The molecule has 1 saturated heterocycles. The van der Waals surface area contributed by atoms with Crippen LogP contribution in [0.1, 0.15) is 12.8 Å². The molecule has 1 fully saturated rings. The van der Waals surface area contributed by atoms with Gasteiger partial charge < -0.3 is 15.4 Å². The Bertz CT molecular complexity index is 283. The van der Waals surface area contributed by atoms with Gasteiger partial charge in [-0.05, 0) is 38.1 Å². The standard InChI is InChI=1S/C13H20N2O/c1-2-4-12(5-3-1)15-10-11-16-13-6-8-14-9-7-13/h1-5,13-15H,6-11H2. The minimum Gasteiger partial charge on any atom is -0.383 e. The van der Waals surface area contributed by atoms with Crippen LogP contribution in [0.5, 0.6) is 0 Å². The van der Waals surface area contributed by atoms with E-state index in [-0.39, 0.29) is 0 Å². The normalized spacial score (nSPS) is 17.2. The first-order chi connectivity index (χ1) is 7.95. The average Bonchev–Trinajstić information content (AvgIpc) is 2.37. The number of anilines is 1. The minimum atomic E-state index is 0.457. The van der Waals surface area contributed by atoms with Crippen LogP contribution in [0.4, 0.5) is 5.69 Å². The number of rotatable bonds is 5. The lowest BCUT2D eigenvalue weighted by atomic mass is 10.1. The third kappa shape index (κ3) is 3.83. The van der Waals surface area contributed by atoms with Gasteiger partial charge in [-0.1, -0.05) is 18.2 Å². The number of ether oxygens (including phenoxy) is 1. The largest absolute Gasteiger partial charge is 0.383 e. The molecule has 0 aromatic heterocycles. The van der Waals surface area contributed by atoms with Crippen molar-refractivity contribution in [3.8, 4) is 0 Å². The molecule has 0 spiro atoms. The molecule has 3 nitrogen and oxygen atoms in total. The predicted octanol–water partition coefficient (Wildman–Crippen LogP) is 1.87. The molecule has 2 rings (SSSR count). The first-order valence-corrected chi connectivity index (χ1v) is 6.06. The van der Waals surface area contributed by atoms with Crippen LogP contribution in [0.3, 0.4) is 0 Å². The van der Waals surface area contributed by atoms with Crippen molar-refractivity contribution in [2.75, 3.05) is 31.6 Å². The van der Waals surface area contributed by atoms with Crippen LogP contribution < -0.4 is 10.6 Å². The fourth-order valence-electron chi connectivity index (χ4n) is 1.94. The monoisotopic (exact) mass is 220 g/mol. The maximum atomic E-state index is 5.80. The summed E-state index contributed by atoms with van der Waals surface area (Å²) in [6, 6.07) is 10.2. The Morgan fingerprint density at radius 2 is 1.94 bits per heavy atom. The Labute approximate surface area is 97.2 Å². The summed E-state index contributed by atoms with van der Waals surface area (Å²) in [6.45, 7) is 3.86. The van der Waals surface area contributed by atoms with E-state index in [9.17, 15) is 0 Å². The highest BCUT2D eigenvalue weighted by Crippen LogP contribution is 2.07. The van der Waals surface area contributed by atoms with E-state index in [4.69, 9.17) is 4.74 Å². The van der Waals surface area contributed by atoms with E-state index in [1.807, 2.05) is 18.2 Å². The average molecular weight is 220 g/mol. The van der Waals surface area contributed by atoms with Crippen molar-refractivity contribution in [1.29, 1.82) is 0 Å². The van der Waals surface area contributed by atoms with Crippen molar-refractivity contribution >= 4 is 5.69 Å². The van der Waals surface area contributed by atoms with E-state index in [0.29, 0.717) is 6.10 Å². The molecule has 1 aromatic carbocycles. The first-order valence-electron chi connectivity index (χ1n) is 6.06. The fourth-order valence-corrected chi connectivity index (χ4v) is 1.94. The van der Waals surface area contributed by atoms with Crippen molar-refractivity contribution in [1.82, 2.24) is 5.32 Å². The molecule has 0 radical (unpaired) electrons. The topological polar surface area (TPSA) is 33.3 Å². The van der Waals surface area contributed by atoms with Gasteiger partial charge in [-0.25, -0.2) is 0 Å². The molecule has 0 amide bonds. The Morgan fingerprint density at radius 3 is 2.69 bits per heavy atom. The van der Waals surface area contributed by atoms with Crippen molar-refractivity contribution in [2.24, 2.45) is 0 Å². The van der Waals surface area contributed by atoms with Crippen LogP contribution in [-0.4, -0.2) is 32.3 Å². The van der Waals surface area contributed by atoms with Crippen molar-refractivity contribution in [3.63, 3.8) is 0 Å². The number of benzene rings is 1. The maximum Gasteiger partial charge on any atom is 0.0642 e. The zero-order valence-electron chi connectivity index (χ0n) is 9.61. The van der Waals surface area contributed by atoms with Gasteiger partial charge in [-0.15, -0.1) is 0 Å². The predicted molar refractivity (Wildman–Crippen MR) is 66.8 cm³/mol. The molecule has 88 valence electrons. The molecule has 1 aromatic rings. The van der Waals surface area contributed by atoms with E-state index in [1.165, 1.54) is 0 Å². The van der Waals surface area contributed by atoms with Crippen LogP contribution in [0.25, 0.3) is 0 Å². The summed E-state index contributed by atoms with van der Waals surface area (Å²) in [5.74, 6) is 0. The second kappa shape index (κ2) is 6.51. The van der Waals surface area contributed by atoms with Gasteiger partial charge >= 0.3 is 0 Å². The lowest BCUT2D eigenvalue weighted by Gasteiger charge is -2.23. The summed E-state index contributed by atoms with van der Waals surface area (Å²) in [6.07, 6.45) is 2.75. The number of nitrogens with one attached hydrogen (secondary N) is 2. The molecule has 0 bridgehead atoms. The zero-order valence-corrected chi connectivity index (χ0v) is 9.61. The van der Waals surface area contributed by atoms with E-state index in [0.717, 1.165) is 44.8 Å². The summed E-state index contributed by atoms with van der Waals surface area (Å²) in [5, 5.41) is 6.68. The number of hydrogen-bond donors (Lipinski definition) is 2. The van der Waals surface area contributed by atoms with Crippen LogP contribution >= 0.6 is 0 Å². The molecule has 0 unspecified atom stereocenters. The zero-order chi connectivity index (χ0) is 11.1. The van der Waals surface area contributed by atoms with E-state index in [1.54, 1.807) is 0 Å². The van der Waals surface area contributed by atoms with Crippen LogP contribution in [0, 0.1) is 0 Å². The number of hydrogen-bond acceptors (Lipinski definition) is 3. The molecule has 16 heavy (non-hydrogen) atoms. The van der Waals surface area contributed by atoms with Crippen LogP contribution in [0.15, 0.2) is 30.3 Å². The highest BCUT2D eigenvalue weighted by molar-refractivity contribution is 5.42. The summed E-state index contributed by atoms with van der Waals surface area (Å²) in [4.78, 5) is 0. The summed E-state index contributed by atoms with van der Waals surface area (Å²) in [7, 11) is 0. The number of para-hydroxylation sites is 1. The third-order valence-electron chi connectivity index (χ3n) is 2.84. The van der Waals surface area contributed by atoms with Crippen LogP contribution in [0.2, 0.25) is 0 Å². The Hall–Kier alpha value is -1.06. The van der Waals surface area contributed by atoms with Crippen molar-refractivity contribution in [2.45, 2.75) is 18.9 Å². The Morgan fingerprint density at radius 1 is 1.19 bits per heavy atom. The molecular weight excluding hydrogens is 200 g/mol. The van der Waals surface area contributed by atoms with Gasteiger partial charge in [0.15, 0.2) is 0 Å². The highest BCUT2D eigenvalue weighted by atomic mass is 16.5. The van der Waals surface area contributed by atoms with E-state index < -0.39 is 0 Å². The summed E-state index contributed by atoms with van der Waals surface area (Å²) < 4.78 is 5.80. The molecule has 3 heteroatoms. The van der Waals surface area contributed by atoms with Gasteiger partial charge in [-0.3, -0.25) is 0 Å². The lowest BCUT2D eigenvalue weighted by molar-refractivity contribution is 0.0394. The van der Waals surface area contributed by atoms with Gasteiger partial charge in [0.2, 0.25) is 0 Å². The van der Waals surface area contributed by atoms with Crippen molar-refractivity contribution < 1.29 is 4.74 Å². The third-order valence-corrected chi connectivity index (χ3v) is 2.84. The molecule has 0 aliphatic carbocycles. The molecule has 1 heterocycles. The SMILES string of the molecule is c1ccc(NCCOC2CCNCC2)cc1. The van der Waals surface area contributed by atoms with E-state index in [2.05, 4.69) is 22.8 Å². The van der Waals surface area contributed by atoms with Gasteiger partial charge in [-0.2, -0.15) is 0 Å². The highest BCUT2D eigenvalue weighted by Gasteiger charge is 2.12. The Kier molecular flexibility index (Phi) is 4.65. The Balaban J connectivity index is 1.58. The van der Waals surface area contributed by atoms with Gasteiger partial charge in [0, 0.05) is 12.2 Å². The molecule has 2 N–H and O–H groups in total. The molecule has 0 saturated carbocycles. The molecule has 1 aliphatic heterocycles. The summed E-state index contributed by atoms with van der Waals surface area (Å²) in [5.41, 5.74) is 1.16. The molecular formula is C13H20N2O. The molecule has 1 aliphatic rings.